The van der Waals surface area contributed by atoms with Crippen LogP contribution in [0.1, 0.15) is 51.1 Å². The minimum atomic E-state index is 0.481. The summed E-state index contributed by atoms with van der Waals surface area (Å²) in [6.45, 7) is 6.44. The normalized spacial score (nSPS) is 24.2. The standard InChI is InChI=1S/C17H27ClN2/c1-3-16(13-8-10-15(18)11-9-13)20(4-2)17-7-5-6-14(17)12-19/h8-11,14,16-17H,3-7,12,19H2,1-2H3. The number of halogens is 1. The van der Waals surface area contributed by atoms with Crippen molar-refractivity contribution in [2.24, 2.45) is 11.7 Å². The van der Waals surface area contributed by atoms with Crippen LogP contribution in [0.25, 0.3) is 0 Å². The molecule has 1 saturated carbocycles. The molecule has 1 aromatic carbocycles. The van der Waals surface area contributed by atoms with Gasteiger partial charge in [0.05, 0.1) is 0 Å². The zero-order chi connectivity index (χ0) is 14.5. The Morgan fingerprint density at radius 2 is 1.95 bits per heavy atom. The number of benzene rings is 1. The summed E-state index contributed by atoms with van der Waals surface area (Å²) in [6, 6.07) is 9.47. The van der Waals surface area contributed by atoms with Crippen molar-refractivity contribution in [3.63, 3.8) is 0 Å². The Morgan fingerprint density at radius 1 is 1.25 bits per heavy atom. The van der Waals surface area contributed by atoms with Crippen LogP contribution in [-0.4, -0.2) is 24.0 Å². The van der Waals surface area contributed by atoms with Crippen molar-refractivity contribution in [1.29, 1.82) is 0 Å². The first kappa shape index (κ1) is 15.8. The Morgan fingerprint density at radius 3 is 2.50 bits per heavy atom. The molecule has 3 unspecified atom stereocenters. The van der Waals surface area contributed by atoms with E-state index in [1.165, 1.54) is 24.8 Å². The van der Waals surface area contributed by atoms with Gasteiger partial charge in [0.2, 0.25) is 0 Å². The second-order valence-corrected chi connectivity index (χ2v) is 6.24. The first-order valence-electron chi connectivity index (χ1n) is 7.92. The molecular formula is C17H27ClN2. The Balaban J connectivity index is 2.20. The third-order valence-corrected chi connectivity index (χ3v) is 5.01. The summed E-state index contributed by atoms with van der Waals surface area (Å²) in [5.74, 6) is 0.663. The molecule has 1 aliphatic rings. The van der Waals surface area contributed by atoms with Crippen molar-refractivity contribution in [1.82, 2.24) is 4.90 Å². The maximum atomic E-state index is 6.02. The number of rotatable bonds is 6. The molecule has 0 spiro atoms. The predicted molar refractivity (Wildman–Crippen MR) is 87.0 cm³/mol. The van der Waals surface area contributed by atoms with Crippen LogP contribution in [0, 0.1) is 5.92 Å². The number of hydrogen-bond donors (Lipinski definition) is 1. The first-order valence-corrected chi connectivity index (χ1v) is 8.30. The summed E-state index contributed by atoms with van der Waals surface area (Å²) in [6.07, 6.45) is 5.03. The van der Waals surface area contributed by atoms with E-state index in [2.05, 4.69) is 30.9 Å². The van der Waals surface area contributed by atoms with E-state index in [1.54, 1.807) is 0 Å². The summed E-state index contributed by atoms with van der Waals surface area (Å²) in [5, 5.41) is 0.812. The molecule has 0 radical (unpaired) electrons. The highest BCUT2D eigenvalue weighted by molar-refractivity contribution is 6.30. The molecule has 1 fully saturated rings. The molecule has 0 saturated heterocycles. The topological polar surface area (TPSA) is 29.3 Å². The van der Waals surface area contributed by atoms with Crippen molar-refractivity contribution >= 4 is 11.6 Å². The van der Waals surface area contributed by atoms with Gasteiger partial charge in [-0.3, -0.25) is 4.90 Å². The Hall–Kier alpha value is -0.570. The third-order valence-electron chi connectivity index (χ3n) is 4.75. The molecule has 0 aromatic heterocycles. The van der Waals surface area contributed by atoms with Gasteiger partial charge in [-0.2, -0.15) is 0 Å². The van der Waals surface area contributed by atoms with E-state index in [1.807, 2.05) is 12.1 Å². The molecule has 0 heterocycles. The third kappa shape index (κ3) is 3.36. The lowest BCUT2D eigenvalue weighted by atomic mass is 9.96. The average molecular weight is 295 g/mol. The lowest BCUT2D eigenvalue weighted by Crippen LogP contribution is -2.42. The molecule has 0 amide bonds. The monoisotopic (exact) mass is 294 g/mol. The molecule has 0 aliphatic heterocycles. The van der Waals surface area contributed by atoms with Crippen LogP contribution in [0.15, 0.2) is 24.3 Å². The number of nitrogens with zero attached hydrogens (tertiary/aromatic N) is 1. The summed E-state index contributed by atoms with van der Waals surface area (Å²) in [5.41, 5.74) is 7.35. The Kier molecular flexibility index (Phi) is 5.88. The SMILES string of the molecule is CCC(c1ccc(Cl)cc1)N(CC)C1CCCC1CN. The second-order valence-electron chi connectivity index (χ2n) is 5.80. The maximum absolute atomic E-state index is 6.02. The van der Waals surface area contributed by atoms with Crippen LogP contribution in [0.2, 0.25) is 5.02 Å². The van der Waals surface area contributed by atoms with Gasteiger partial charge < -0.3 is 5.73 Å². The van der Waals surface area contributed by atoms with Crippen LogP contribution in [-0.2, 0) is 0 Å². The molecule has 2 nitrogen and oxygen atoms in total. The quantitative estimate of drug-likeness (QED) is 0.850. The molecule has 2 N–H and O–H groups in total. The van der Waals surface area contributed by atoms with Crippen LogP contribution >= 0.6 is 11.6 Å². The van der Waals surface area contributed by atoms with Crippen molar-refractivity contribution in [2.45, 2.75) is 51.6 Å². The van der Waals surface area contributed by atoms with Crippen molar-refractivity contribution < 1.29 is 0 Å². The fraction of sp³-hybridized carbons (Fsp3) is 0.647. The van der Waals surface area contributed by atoms with Gasteiger partial charge in [0.15, 0.2) is 0 Å². The summed E-state index contributed by atoms with van der Waals surface area (Å²) >= 11 is 6.02. The molecule has 1 aliphatic carbocycles. The smallest absolute Gasteiger partial charge is 0.0406 e. The molecule has 3 heteroatoms. The van der Waals surface area contributed by atoms with E-state index in [-0.39, 0.29) is 0 Å². The molecular weight excluding hydrogens is 268 g/mol. The molecule has 2 rings (SSSR count). The molecule has 1 aromatic rings. The van der Waals surface area contributed by atoms with Crippen molar-refractivity contribution in [2.75, 3.05) is 13.1 Å². The highest BCUT2D eigenvalue weighted by atomic mass is 35.5. The van der Waals surface area contributed by atoms with Gasteiger partial charge in [0, 0.05) is 17.1 Å². The van der Waals surface area contributed by atoms with Crippen LogP contribution in [0.3, 0.4) is 0 Å². The molecule has 3 atom stereocenters. The molecule has 0 bridgehead atoms. The largest absolute Gasteiger partial charge is 0.330 e. The Labute approximate surface area is 128 Å². The lowest BCUT2D eigenvalue weighted by Gasteiger charge is -2.38. The number of hydrogen-bond acceptors (Lipinski definition) is 2. The highest BCUT2D eigenvalue weighted by Crippen LogP contribution is 2.36. The van der Waals surface area contributed by atoms with E-state index >= 15 is 0 Å². The highest BCUT2D eigenvalue weighted by Gasteiger charge is 2.33. The Bertz CT molecular complexity index is 404. The minimum Gasteiger partial charge on any atom is -0.330 e. The maximum Gasteiger partial charge on any atom is 0.0406 e. The van der Waals surface area contributed by atoms with Crippen molar-refractivity contribution in [3.8, 4) is 0 Å². The van der Waals surface area contributed by atoms with E-state index in [9.17, 15) is 0 Å². The van der Waals surface area contributed by atoms with E-state index in [0.29, 0.717) is 18.0 Å². The lowest BCUT2D eigenvalue weighted by molar-refractivity contribution is 0.111. The average Bonchev–Trinajstić information content (AvgIpc) is 2.94. The van der Waals surface area contributed by atoms with Gasteiger partial charge in [-0.25, -0.2) is 0 Å². The molecule has 20 heavy (non-hydrogen) atoms. The molecule has 112 valence electrons. The fourth-order valence-corrected chi connectivity index (χ4v) is 3.89. The van der Waals surface area contributed by atoms with Gasteiger partial charge in [-0.05, 0) is 56.0 Å². The summed E-state index contributed by atoms with van der Waals surface area (Å²) in [4.78, 5) is 2.66. The van der Waals surface area contributed by atoms with E-state index in [0.717, 1.165) is 24.5 Å². The van der Waals surface area contributed by atoms with Gasteiger partial charge >= 0.3 is 0 Å². The fourth-order valence-electron chi connectivity index (χ4n) is 3.76. The summed E-state index contributed by atoms with van der Waals surface area (Å²) in [7, 11) is 0. The van der Waals surface area contributed by atoms with Gasteiger partial charge in [-0.1, -0.05) is 44.0 Å². The van der Waals surface area contributed by atoms with Gasteiger partial charge in [-0.15, -0.1) is 0 Å². The van der Waals surface area contributed by atoms with Gasteiger partial charge in [0.1, 0.15) is 0 Å². The zero-order valence-corrected chi connectivity index (χ0v) is 13.4. The van der Waals surface area contributed by atoms with Crippen LogP contribution in [0.5, 0.6) is 0 Å². The van der Waals surface area contributed by atoms with E-state index in [4.69, 9.17) is 17.3 Å². The van der Waals surface area contributed by atoms with Crippen molar-refractivity contribution in [3.05, 3.63) is 34.9 Å². The van der Waals surface area contributed by atoms with Crippen LogP contribution < -0.4 is 5.73 Å². The van der Waals surface area contributed by atoms with Gasteiger partial charge in [0.25, 0.3) is 0 Å². The van der Waals surface area contributed by atoms with E-state index < -0.39 is 0 Å². The minimum absolute atomic E-state index is 0.481. The predicted octanol–water partition coefficient (Wildman–Crippen LogP) is 4.24. The summed E-state index contributed by atoms with van der Waals surface area (Å²) < 4.78 is 0. The second kappa shape index (κ2) is 7.44. The number of nitrogens with two attached hydrogens (primary N) is 1. The van der Waals surface area contributed by atoms with Crippen LogP contribution in [0.4, 0.5) is 0 Å². The first-order chi connectivity index (χ1) is 9.71. The zero-order valence-electron chi connectivity index (χ0n) is 12.7.